The van der Waals surface area contributed by atoms with E-state index in [1.54, 1.807) is 6.42 Å². The van der Waals surface area contributed by atoms with Crippen molar-refractivity contribution < 1.29 is 0 Å². The maximum atomic E-state index is 3.61. The zero-order valence-electron chi connectivity index (χ0n) is 14.8. The lowest BCUT2D eigenvalue weighted by Gasteiger charge is -2.42. The molecule has 1 nitrogen and oxygen atoms in total. The Morgan fingerprint density at radius 2 is 1.57 bits per heavy atom. The van der Waals surface area contributed by atoms with Crippen LogP contribution in [0.15, 0.2) is 0 Å². The molecule has 3 rings (SSSR count). The van der Waals surface area contributed by atoms with Crippen LogP contribution in [0.4, 0.5) is 0 Å². The highest BCUT2D eigenvalue weighted by Crippen LogP contribution is 2.52. The van der Waals surface area contributed by atoms with E-state index >= 15 is 0 Å². The summed E-state index contributed by atoms with van der Waals surface area (Å²) in [5.74, 6) is 7.08. The molecule has 0 aromatic rings. The van der Waals surface area contributed by atoms with Gasteiger partial charge >= 0.3 is 0 Å². The molecule has 8 atom stereocenters. The smallest absolute Gasteiger partial charge is 0.00667 e. The second-order valence-corrected chi connectivity index (χ2v) is 8.97. The summed E-state index contributed by atoms with van der Waals surface area (Å²) in [6.07, 6.45) is 12.2. The standard InChI is InChI=1S/C20H37N/c1-13-5-6-16-7-8-17(9-13)20(15(3)21-4)12-18(11-16)19-10-14(19)2/h13-21H,5-12H2,1-4H3. The fraction of sp³-hybridized carbons (Fsp3) is 1.00. The third-order valence-corrected chi connectivity index (χ3v) is 7.41. The molecule has 21 heavy (non-hydrogen) atoms. The minimum atomic E-state index is 0.703. The topological polar surface area (TPSA) is 12.0 Å². The molecule has 0 saturated heterocycles. The molecular formula is C20H37N. The quantitative estimate of drug-likeness (QED) is 0.762. The summed E-state index contributed by atoms with van der Waals surface area (Å²) in [6.45, 7) is 7.44. The van der Waals surface area contributed by atoms with Gasteiger partial charge in [0.05, 0.1) is 0 Å². The first-order chi connectivity index (χ1) is 10.1. The zero-order valence-corrected chi connectivity index (χ0v) is 14.8. The Hall–Kier alpha value is -0.0400. The van der Waals surface area contributed by atoms with Crippen LogP contribution in [-0.4, -0.2) is 13.1 Å². The lowest BCUT2D eigenvalue weighted by atomic mass is 9.65. The monoisotopic (exact) mass is 291 g/mol. The van der Waals surface area contributed by atoms with E-state index in [1.807, 2.05) is 0 Å². The highest BCUT2D eigenvalue weighted by atomic mass is 14.9. The Morgan fingerprint density at radius 1 is 0.857 bits per heavy atom. The molecule has 3 fully saturated rings. The summed E-state index contributed by atoms with van der Waals surface area (Å²) >= 11 is 0. The first-order valence-corrected chi connectivity index (χ1v) is 9.75. The molecular weight excluding hydrogens is 254 g/mol. The van der Waals surface area contributed by atoms with Gasteiger partial charge in [-0.15, -0.1) is 0 Å². The van der Waals surface area contributed by atoms with Gasteiger partial charge in [-0.3, -0.25) is 0 Å². The lowest BCUT2D eigenvalue weighted by molar-refractivity contribution is 0.101. The molecule has 2 bridgehead atoms. The largest absolute Gasteiger partial charge is 0.317 e. The van der Waals surface area contributed by atoms with Crippen molar-refractivity contribution in [3.63, 3.8) is 0 Å². The van der Waals surface area contributed by atoms with Crippen molar-refractivity contribution >= 4 is 0 Å². The highest BCUT2D eigenvalue weighted by molar-refractivity contribution is 4.94. The number of hydrogen-bond donors (Lipinski definition) is 1. The van der Waals surface area contributed by atoms with E-state index in [2.05, 4.69) is 33.1 Å². The molecule has 1 heteroatoms. The Labute approximate surface area is 132 Å². The van der Waals surface area contributed by atoms with Crippen molar-refractivity contribution in [3.05, 3.63) is 0 Å². The maximum absolute atomic E-state index is 3.61. The summed E-state index contributed by atoms with van der Waals surface area (Å²) in [4.78, 5) is 0. The Morgan fingerprint density at radius 3 is 2.24 bits per heavy atom. The van der Waals surface area contributed by atoms with E-state index < -0.39 is 0 Å². The lowest BCUT2D eigenvalue weighted by Crippen LogP contribution is -2.39. The van der Waals surface area contributed by atoms with E-state index in [4.69, 9.17) is 0 Å². The maximum Gasteiger partial charge on any atom is 0.00667 e. The molecule has 0 aromatic carbocycles. The average Bonchev–Trinajstić information content (AvgIpc) is 3.16. The minimum absolute atomic E-state index is 0.703. The normalized spacial score (nSPS) is 48.9. The third-order valence-electron chi connectivity index (χ3n) is 7.41. The Kier molecular flexibility index (Phi) is 4.98. The van der Waals surface area contributed by atoms with Crippen LogP contribution in [0.25, 0.3) is 0 Å². The van der Waals surface area contributed by atoms with Gasteiger partial charge in [0.15, 0.2) is 0 Å². The summed E-state index contributed by atoms with van der Waals surface area (Å²) in [5, 5.41) is 3.61. The van der Waals surface area contributed by atoms with Crippen molar-refractivity contribution in [1.29, 1.82) is 0 Å². The molecule has 3 aliphatic rings. The Balaban J connectivity index is 1.79. The molecule has 0 aromatic heterocycles. The molecule has 3 saturated carbocycles. The average molecular weight is 292 g/mol. The van der Waals surface area contributed by atoms with Gasteiger partial charge in [-0.1, -0.05) is 33.1 Å². The highest BCUT2D eigenvalue weighted by Gasteiger charge is 2.44. The summed E-state index contributed by atoms with van der Waals surface area (Å²) in [5.41, 5.74) is 0. The van der Waals surface area contributed by atoms with E-state index in [1.165, 1.54) is 44.9 Å². The van der Waals surface area contributed by atoms with Gasteiger partial charge in [0.25, 0.3) is 0 Å². The predicted octanol–water partition coefficient (Wildman–Crippen LogP) is 5.11. The number of rotatable bonds is 3. The fourth-order valence-electron chi connectivity index (χ4n) is 5.74. The fourth-order valence-corrected chi connectivity index (χ4v) is 5.74. The molecule has 1 N–H and O–H groups in total. The molecule has 0 heterocycles. The van der Waals surface area contributed by atoms with Crippen LogP contribution in [0.3, 0.4) is 0 Å². The van der Waals surface area contributed by atoms with Gasteiger partial charge in [0.1, 0.15) is 0 Å². The van der Waals surface area contributed by atoms with Gasteiger partial charge in [-0.25, -0.2) is 0 Å². The van der Waals surface area contributed by atoms with Crippen molar-refractivity contribution in [2.45, 2.75) is 78.2 Å². The first kappa shape index (κ1) is 15.8. The van der Waals surface area contributed by atoms with Crippen molar-refractivity contribution in [2.24, 2.45) is 41.4 Å². The van der Waals surface area contributed by atoms with E-state index in [9.17, 15) is 0 Å². The number of nitrogens with one attached hydrogen (secondary N) is 1. The molecule has 0 spiro atoms. The van der Waals surface area contributed by atoms with Gasteiger partial charge in [-0.05, 0) is 87.5 Å². The number of hydrogen-bond acceptors (Lipinski definition) is 1. The van der Waals surface area contributed by atoms with Gasteiger partial charge in [0.2, 0.25) is 0 Å². The van der Waals surface area contributed by atoms with E-state index in [-0.39, 0.29) is 0 Å². The Bertz CT molecular complexity index is 339. The SMILES string of the molecule is CNC(C)C1CC(C2CC2C)CC2CCC(C)CC1CC2. The molecule has 0 radical (unpaired) electrons. The molecule has 0 aliphatic heterocycles. The van der Waals surface area contributed by atoms with Gasteiger partial charge in [0, 0.05) is 6.04 Å². The second kappa shape index (κ2) is 6.60. The molecule has 122 valence electrons. The van der Waals surface area contributed by atoms with Crippen LogP contribution >= 0.6 is 0 Å². The predicted molar refractivity (Wildman–Crippen MR) is 91.2 cm³/mol. The van der Waals surface area contributed by atoms with Gasteiger partial charge in [-0.2, -0.15) is 0 Å². The van der Waals surface area contributed by atoms with E-state index in [0.717, 1.165) is 41.4 Å². The molecule has 8 unspecified atom stereocenters. The van der Waals surface area contributed by atoms with Crippen molar-refractivity contribution in [1.82, 2.24) is 5.32 Å². The van der Waals surface area contributed by atoms with Gasteiger partial charge < -0.3 is 5.32 Å². The molecule has 3 aliphatic carbocycles. The van der Waals surface area contributed by atoms with Crippen LogP contribution in [0.1, 0.15) is 72.1 Å². The summed E-state index contributed by atoms with van der Waals surface area (Å²) in [6, 6.07) is 0.703. The van der Waals surface area contributed by atoms with Crippen LogP contribution in [0.5, 0.6) is 0 Å². The van der Waals surface area contributed by atoms with Crippen molar-refractivity contribution in [2.75, 3.05) is 7.05 Å². The van der Waals surface area contributed by atoms with Crippen LogP contribution < -0.4 is 5.32 Å². The third kappa shape index (κ3) is 3.66. The number of fused-ring (bicyclic) bond motifs is 3. The van der Waals surface area contributed by atoms with Crippen molar-refractivity contribution in [3.8, 4) is 0 Å². The first-order valence-electron chi connectivity index (χ1n) is 9.75. The van der Waals surface area contributed by atoms with Crippen LogP contribution in [0, 0.1) is 41.4 Å². The summed E-state index contributed by atoms with van der Waals surface area (Å²) < 4.78 is 0. The molecule has 0 amide bonds. The van der Waals surface area contributed by atoms with Crippen LogP contribution in [0.2, 0.25) is 0 Å². The minimum Gasteiger partial charge on any atom is -0.317 e. The summed E-state index contributed by atoms with van der Waals surface area (Å²) in [7, 11) is 2.17. The van der Waals surface area contributed by atoms with E-state index in [0.29, 0.717) is 6.04 Å². The zero-order chi connectivity index (χ0) is 15.0. The van der Waals surface area contributed by atoms with Crippen LogP contribution in [-0.2, 0) is 0 Å². The second-order valence-electron chi connectivity index (χ2n) is 8.97.